The largest absolute Gasteiger partial charge is 0.504 e. The molecule has 2 aromatic carbocycles. The zero-order valence-corrected chi connectivity index (χ0v) is 13.7. The highest BCUT2D eigenvalue weighted by Gasteiger charge is 2.27. The van der Waals surface area contributed by atoms with Crippen LogP contribution in [0.25, 0.3) is 0 Å². The maximum absolute atomic E-state index is 13.1. The van der Waals surface area contributed by atoms with Gasteiger partial charge in [-0.25, -0.2) is 4.39 Å². The minimum Gasteiger partial charge on any atom is -0.504 e. The Morgan fingerprint density at radius 2 is 2.00 bits per heavy atom. The molecule has 0 spiro atoms. The van der Waals surface area contributed by atoms with E-state index in [0.29, 0.717) is 24.0 Å². The van der Waals surface area contributed by atoms with Crippen LogP contribution in [0.4, 0.5) is 4.39 Å². The number of piperidine rings is 1. The Bertz CT molecular complexity index is 675. The fraction of sp³-hybridized carbons (Fsp3) is 0.368. The van der Waals surface area contributed by atoms with Crippen LogP contribution in [0, 0.1) is 11.7 Å². The molecular weight excluding hydrogens is 309 g/mol. The Hall–Kier alpha value is -2.27. The van der Waals surface area contributed by atoms with Crippen LogP contribution in [0.15, 0.2) is 42.5 Å². The first kappa shape index (κ1) is 16.6. The first-order valence-corrected chi connectivity index (χ1v) is 8.13. The van der Waals surface area contributed by atoms with Crippen LogP contribution in [-0.4, -0.2) is 31.9 Å². The Labute approximate surface area is 141 Å². The topological polar surface area (TPSA) is 50.7 Å². The van der Waals surface area contributed by atoms with E-state index >= 15 is 0 Å². The summed E-state index contributed by atoms with van der Waals surface area (Å²) in [7, 11) is 1.51. The molecule has 0 radical (unpaired) electrons. The second-order valence-electron chi connectivity index (χ2n) is 6.06. The van der Waals surface area contributed by atoms with E-state index < -0.39 is 0 Å². The third-order valence-corrected chi connectivity index (χ3v) is 4.52. The highest BCUT2D eigenvalue weighted by molar-refractivity contribution is 5.44. The second kappa shape index (κ2) is 7.53. The van der Waals surface area contributed by atoms with Crippen LogP contribution in [0.1, 0.15) is 17.9 Å². The third kappa shape index (κ3) is 3.79. The average molecular weight is 331 g/mol. The van der Waals surface area contributed by atoms with Crippen molar-refractivity contribution in [1.82, 2.24) is 5.32 Å². The van der Waals surface area contributed by atoms with Gasteiger partial charge in [-0.2, -0.15) is 0 Å². The number of hydrogen-bond acceptors (Lipinski definition) is 4. The molecule has 3 rings (SSSR count). The lowest BCUT2D eigenvalue weighted by Crippen LogP contribution is -2.38. The Morgan fingerprint density at radius 1 is 1.21 bits per heavy atom. The van der Waals surface area contributed by atoms with Crippen molar-refractivity contribution in [3.63, 3.8) is 0 Å². The quantitative estimate of drug-likeness (QED) is 0.882. The van der Waals surface area contributed by atoms with E-state index in [2.05, 4.69) is 5.32 Å². The summed E-state index contributed by atoms with van der Waals surface area (Å²) in [5, 5.41) is 13.2. The van der Waals surface area contributed by atoms with Gasteiger partial charge in [-0.3, -0.25) is 0 Å². The number of halogens is 1. The van der Waals surface area contributed by atoms with Crippen molar-refractivity contribution in [2.24, 2.45) is 5.92 Å². The highest BCUT2D eigenvalue weighted by atomic mass is 19.1. The van der Waals surface area contributed by atoms with E-state index in [1.807, 2.05) is 12.1 Å². The van der Waals surface area contributed by atoms with Crippen molar-refractivity contribution in [3.8, 4) is 17.2 Å². The van der Waals surface area contributed by atoms with Gasteiger partial charge in [-0.15, -0.1) is 0 Å². The molecule has 0 amide bonds. The number of nitrogens with one attached hydrogen (secondary N) is 1. The van der Waals surface area contributed by atoms with E-state index in [4.69, 9.17) is 9.47 Å². The van der Waals surface area contributed by atoms with Crippen molar-refractivity contribution in [1.29, 1.82) is 0 Å². The summed E-state index contributed by atoms with van der Waals surface area (Å²) >= 11 is 0. The molecular formula is C19H22FNO3. The van der Waals surface area contributed by atoms with Gasteiger partial charge in [0.1, 0.15) is 11.6 Å². The molecule has 2 atom stereocenters. The molecule has 2 N–H and O–H groups in total. The smallest absolute Gasteiger partial charge is 0.161 e. The molecule has 0 bridgehead atoms. The van der Waals surface area contributed by atoms with Crippen molar-refractivity contribution >= 4 is 0 Å². The highest BCUT2D eigenvalue weighted by Crippen LogP contribution is 2.33. The van der Waals surface area contributed by atoms with Gasteiger partial charge in [0.15, 0.2) is 11.5 Å². The van der Waals surface area contributed by atoms with Crippen LogP contribution in [0.3, 0.4) is 0 Å². The summed E-state index contributed by atoms with van der Waals surface area (Å²) in [6.45, 7) is 2.33. The molecule has 1 fully saturated rings. The van der Waals surface area contributed by atoms with E-state index in [9.17, 15) is 9.50 Å². The number of rotatable bonds is 5. The van der Waals surface area contributed by atoms with Gasteiger partial charge >= 0.3 is 0 Å². The molecule has 0 saturated carbocycles. The summed E-state index contributed by atoms with van der Waals surface area (Å²) in [6.07, 6.45) is 0.994. The van der Waals surface area contributed by atoms with Crippen LogP contribution >= 0.6 is 0 Å². The van der Waals surface area contributed by atoms with Gasteiger partial charge in [0.25, 0.3) is 0 Å². The Kier molecular flexibility index (Phi) is 5.20. The van der Waals surface area contributed by atoms with Crippen molar-refractivity contribution in [2.75, 3.05) is 26.8 Å². The number of phenolic OH excluding ortho intramolecular Hbond substituents is 1. The zero-order valence-electron chi connectivity index (χ0n) is 13.7. The van der Waals surface area contributed by atoms with Gasteiger partial charge in [-0.05, 0) is 48.7 Å². The van der Waals surface area contributed by atoms with Gasteiger partial charge in [0.05, 0.1) is 13.7 Å². The molecule has 2 aromatic rings. The molecule has 1 aliphatic heterocycles. The van der Waals surface area contributed by atoms with Gasteiger partial charge in [0, 0.05) is 18.5 Å². The number of phenols is 1. The van der Waals surface area contributed by atoms with Crippen molar-refractivity contribution in [3.05, 3.63) is 53.8 Å². The minimum atomic E-state index is -0.214. The van der Waals surface area contributed by atoms with Crippen LogP contribution in [-0.2, 0) is 0 Å². The van der Waals surface area contributed by atoms with E-state index in [-0.39, 0.29) is 17.5 Å². The lowest BCUT2D eigenvalue weighted by atomic mass is 9.81. The average Bonchev–Trinajstić information content (AvgIpc) is 2.61. The number of aromatic hydroxyl groups is 1. The lowest BCUT2D eigenvalue weighted by Gasteiger charge is -2.32. The summed E-state index contributed by atoms with van der Waals surface area (Å²) in [6, 6.07) is 11.8. The van der Waals surface area contributed by atoms with E-state index in [0.717, 1.165) is 25.1 Å². The molecule has 1 heterocycles. The Balaban J connectivity index is 1.68. The molecule has 1 saturated heterocycles. The molecule has 1 aliphatic rings. The molecule has 128 valence electrons. The normalized spacial score (nSPS) is 20.6. The SMILES string of the molecule is COc1ccc(OCC2CNCCC2c2ccc(F)cc2)cc1O. The summed E-state index contributed by atoms with van der Waals surface area (Å²) in [4.78, 5) is 0. The molecule has 0 aromatic heterocycles. The molecule has 24 heavy (non-hydrogen) atoms. The van der Waals surface area contributed by atoms with Gasteiger partial charge in [0.2, 0.25) is 0 Å². The van der Waals surface area contributed by atoms with Crippen LogP contribution < -0.4 is 14.8 Å². The number of hydrogen-bond donors (Lipinski definition) is 2. The lowest BCUT2D eigenvalue weighted by molar-refractivity contribution is 0.196. The number of ether oxygens (including phenoxy) is 2. The Morgan fingerprint density at radius 3 is 2.71 bits per heavy atom. The van der Waals surface area contributed by atoms with Crippen LogP contribution in [0.5, 0.6) is 17.2 Å². The number of benzene rings is 2. The summed E-state index contributed by atoms with van der Waals surface area (Å²) < 4.78 is 24.1. The molecule has 4 nitrogen and oxygen atoms in total. The molecule has 2 unspecified atom stereocenters. The van der Waals surface area contributed by atoms with E-state index in [1.165, 1.54) is 19.2 Å². The second-order valence-corrected chi connectivity index (χ2v) is 6.06. The standard InChI is InChI=1S/C19H22FNO3/c1-23-19-7-6-16(10-18(19)22)24-12-14-11-21-9-8-17(14)13-2-4-15(20)5-3-13/h2-7,10,14,17,21-22H,8-9,11-12H2,1H3. The first-order valence-electron chi connectivity index (χ1n) is 8.13. The predicted molar refractivity (Wildman–Crippen MR) is 90.3 cm³/mol. The maximum atomic E-state index is 13.1. The molecule has 5 heteroatoms. The number of methoxy groups -OCH3 is 1. The maximum Gasteiger partial charge on any atom is 0.161 e. The third-order valence-electron chi connectivity index (χ3n) is 4.52. The predicted octanol–water partition coefficient (Wildman–Crippen LogP) is 3.31. The minimum absolute atomic E-state index is 0.0619. The zero-order chi connectivity index (χ0) is 16.9. The van der Waals surface area contributed by atoms with E-state index in [1.54, 1.807) is 18.2 Å². The van der Waals surface area contributed by atoms with Crippen molar-refractivity contribution in [2.45, 2.75) is 12.3 Å². The first-order chi connectivity index (χ1) is 11.7. The van der Waals surface area contributed by atoms with Crippen LogP contribution in [0.2, 0.25) is 0 Å². The fourth-order valence-electron chi connectivity index (χ4n) is 3.21. The monoisotopic (exact) mass is 331 g/mol. The van der Waals surface area contributed by atoms with Crippen molar-refractivity contribution < 1.29 is 19.0 Å². The fourth-order valence-corrected chi connectivity index (χ4v) is 3.21. The molecule has 0 aliphatic carbocycles. The summed E-state index contributed by atoms with van der Waals surface area (Å²) in [5.41, 5.74) is 1.14. The van der Waals surface area contributed by atoms with Gasteiger partial charge in [-0.1, -0.05) is 12.1 Å². The summed E-state index contributed by atoms with van der Waals surface area (Å²) in [5.74, 6) is 1.50. The van der Waals surface area contributed by atoms with Gasteiger partial charge < -0.3 is 19.9 Å².